The number of carbonyl (C=O) groups excluding carboxylic acids is 6. The zero-order valence-electron chi connectivity index (χ0n) is 50.9. The number of benzene rings is 2. The van der Waals surface area contributed by atoms with Crippen molar-refractivity contribution in [3.63, 3.8) is 0 Å². The predicted molar refractivity (Wildman–Crippen MR) is 320 cm³/mol. The third-order valence-corrected chi connectivity index (χ3v) is 13.2. The average molecular weight is 1290 g/mol. The van der Waals surface area contributed by atoms with Crippen LogP contribution in [-0.4, -0.2) is 163 Å². The van der Waals surface area contributed by atoms with Gasteiger partial charge in [0.1, 0.15) is 40.6 Å². The summed E-state index contributed by atoms with van der Waals surface area (Å²) < 4.78 is 108. The van der Waals surface area contributed by atoms with E-state index >= 15 is 0 Å². The maximum absolute atomic E-state index is 13.3. The first-order chi connectivity index (χ1) is 43.6. The molecule has 92 heavy (non-hydrogen) atoms. The Bertz CT molecular complexity index is 3490. The molecule has 8 aliphatic rings. The van der Waals surface area contributed by atoms with Crippen LogP contribution in [0.3, 0.4) is 0 Å². The first kappa shape index (κ1) is 69.3. The molecule has 2 aromatic carbocycles. The Kier molecular flexibility index (Phi) is 23.8. The van der Waals surface area contributed by atoms with Crippen LogP contribution >= 0.6 is 0 Å². The van der Waals surface area contributed by atoms with E-state index < -0.39 is 78.5 Å². The molecule has 4 aromatic heterocycles. The van der Waals surface area contributed by atoms with Crippen LogP contribution in [0.2, 0.25) is 0 Å². The fraction of sp³-hybridized carbons (Fsp3) is 0.400. The Morgan fingerprint density at radius 2 is 1.08 bits per heavy atom. The third-order valence-electron chi connectivity index (χ3n) is 13.2. The molecule has 4 amide bonds. The highest BCUT2D eigenvalue weighted by Crippen LogP contribution is 2.30. The summed E-state index contributed by atoms with van der Waals surface area (Å²) in [4.78, 5) is 103. The van der Waals surface area contributed by atoms with E-state index in [0.717, 1.165) is 44.7 Å². The minimum atomic E-state index is -4.75. The smallest absolute Gasteiger partial charge is 0.422 e. The lowest BCUT2D eigenvalue weighted by Gasteiger charge is -2.32. The van der Waals surface area contributed by atoms with E-state index in [1.807, 2.05) is 24.3 Å². The van der Waals surface area contributed by atoms with Gasteiger partial charge in [-0.2, -0.15) is 46.3 Å². The van der Waals surface area contributed by atoms with Crippen LogP contribution in [0.5, 0.6) is 23.5 Å². The van der Waals surface area contributed by atoms with Crippen LogP contribution in [0, 0.1) is 10.8 Å². The number of pyridine rings is 2. The number of amides is 4. The fourth-order valence-electron chi connectivity index (χ4n) is 8.51. The van der Waals surface area contributed by atoms with Crippen molar-refractivity contribution in [3.05, 3.63) is 120 Å². The van der Waals surface area contributed by atoms with Crippen molar-refractivity contribution in [1.29, 1.82) is 0 Å². The van der Waals surface area contributed by atoms with Gasteiger partial charge in [-0.1, -0.05) is 52.0 Å². The summed E-state index contributed by atoms with van der Waals surface area (Å²) in [5.41, 5.74) is 1.07. The van der Waals surface area contributed by atoms with Gasteiger partial charge in [0.05, 0.1) is 38.6 Å². The van der Waals surface area contributed by atoms with Gasteiger partial charge in [-0.3, -0.25) is 19.2 Å². The normalized spacial score (nSPS) is 15.9. The molecule has 0 unspecified atom stereocenters. The van der Waals surface area contributed by atoms with Crippen molar-refractivity contribution < 1.29 is 83.5 Å². The second-order valence-electron chi connectivity index (χ2n) is 22.2. The molecular weight excluding hydrogens is 1220 g/mol. The first-order valence-electron chi connectivity index (χ1n) is 28.5. The predicted octanol–water partition coefficient (Wildman–Crippen LogP) is 7.10. The van der Waals surface area contributed by atoms with E-state index in [9.17, 15) is 55.1 Å². The van der Waals surface area contributed by atoms with Gasteiger partial charge < -0.3 is 65.2 Å². The number of anilines is 6. The van der Waals surface area contributed by atoms with E-state index in [1.165, 1.54) is 35.4 Å². The molecule has 0 saturated carbocycles. The lowest BCUT2D eigenvalue weighted by atomic mass is 9.92. The van der Waals surface area contributed by atoms with Gasteiger partial charge in [0.15, 0.2) is 19.0 Å². The Morgan fingerprint density at radius 3 is 1.61 bits per heavy atom. The van der Waals surface area contributed by atoms with E-state index in [2.05, 4.69) is 85.1 Å². The number of rotatable bonds is 4. The number of esters is 2. The molecule has 0 fully saturated rings. The molecule has 8 aliphatic heterocycles. The number of hydrogen-bond acceptors (Lipinski definition) is 22. The molecule has 26 nitrogen and oxygen atoms in total. The van der Waals surface area contributed by atoms with Crippen molar-refractivity contribution in [3.8, 4) is 23.5 Å². The largest absolute Gasteiger partial charge is 0.494 e. The van der Waals surface area contributed by atoms with Crippen LogP contribution in [0.25, 0.3) is 0 Å². The van der Waals surface area contributed by atoms with Gasteiger partial charge in [0, 0.05) is 70.3 Å². The Morgan fingerprint density at radius 1 is 0.565 bits per heavy atom. The number of nitrogens with zero attached hydrogens (tertiary/aromatic N) is 8. The highest BCUT2D eigenvalue weighted by molar-refractivity contribution is 6.39. The minimum Gasteiger partial charge on any atom is -0.494 e. The van der Waals surface area contributed by atoms with Gasteiger partial charge in [-0.15, -0.1) is 0 Å². The van der Waals surface area contributed by atoms with E-state index in [0.29, 0.717) is 60.3 Å². The van der Waals surface area contributed by atoms with E-state index in [-0.39, 0.29) is 72.9 Å². The summed E-state index contributed by atoms with van der Waals surface area (Å²) in [7, 11) is 2.06. The lowest BCUT2D eigenvalue weighted by molar-refractivity contribution is -0.158. The summed E-state index contributed by atoms with van der Waals surface area (Å²) in [6.07, 6.45) is -5.61. The number of aromatic nitrogens is 6. The zero-order chi connectivity index (χ0) is 66.6. The molecule has 14 rings (SSSR count). The van der Waals surface area contributed by atoms with Crippen molar-refractivity contribution in [2.45, 2.75) is 66.0 Å². The number of alkyl halides is 6. The molecule has 0 saturated heterocycles. The van der Waals surface area contributed by atoms with E-state index in [4.69, 9.17) is 18.9 Å². The SMILES string of the molecule is CC1(C)CNCCCOc2ccc(cc2)CNc2cc(nc(OCC(F)(F)F)n2)Nc2ccc(cn2)C(=O)NC1.COC(=O)C(=O)N1CCCOc2ccc(cc2)CNc2cc(nc(OCC(F)(F)F)n2)N(C(=O)C(=O)OC)c2ccc(cn2)C(=O)NCC(C)(C)C1. The van der Waals surface area contributed by atoms with Crippen LogP contribution in [0.4, 0.5) is 61.2 Å². The molecule has 32 heteroatoms. The molecule has 0 aliphatic carbocycles. The van der Waals surface area contributed by atoms with Crippen molar-refractivity contribution in [2.24, 2.45) is 10.8 Å². The molecule has 0 atom stereocenters. The van der Waals surface area contributed by atoms with Crippen LogP contribution in [0.1, 0.15) is 72.4 Å². The summed E-state index contributed by atoms with van der Waals surface area (Å²) in [6, 6.07) is 21.4. The van der Waals surface area contributed by atoms with Gasteiger partial charge in [0.25, 0.3) is 11.8 Å². The number of hydrogen-bond donors (Lipinski definition) is 6. The second-order valence-corrected chi connectivity index (χ2v) is 22.2. The summed E-state index contributed by atoms with van der Waals surface area (Å²) in [5, 5.41) is 18.0. The van der Waals surface area contributed by atoms with Gasteiger partial charge in [-0.05, 0) is 89.9 Å². The number of nitrogens with one attached hydrogen (secondary N) is 6. The molecular formula is C60H68F6N14O12. The van der Waals surface area contributed by atoms with Crippen molar-refractivity contribution >= 4 is 70.5 Å². The van der Waals surface area contributed by atoms with Gasteiger partial charge in [0.2, 0.25) is 0 Å². The Balaban J connectivity index is 0.000000270. The standard InChI is InChI=1S/C33H36F3N7O9.C27H32F3N7O3/c1-32(2)17-39-26(44)21-8-11-24(38-16-21)43(28(46)30(48)50-4)25-14-23(40-31(41-25)52-19-33(34,35)36)37-15-20-6-9-22(10-7-20)51-13-5-12-42(18-32)27(45)29(47)49-3;1-26(2)15-31-10-3-11-39-20-7-4-18(5-8-20)13-32-22-12-23(37-25(36-22)40-17-27(28,29)30)35-21-9-6-19(14-33-21)24(38)34-16-26/h6-11,14,16H,5,12-13,15,17-19H2,1-4H3,(H,39,44)(H,37,40,41);4-9,12,14,31H,3,10-11,13,15-17H2,1-2H3,(H,34,38)(H2,32,33,35,36,37). The Labute approximate surface area is 523 Å². The van der Waals surface area contributed by atoms with Gasteiger partial charge >= 0.3 is 48.1 Å². The highest BCUT2D eigenvalue weighted by Gasteiger charge is 2.34. The lowest BCUT2D eigenvalue weighted by Crippen LogP contribution is -2.47. The summed E-state index contributed by atoms with van der Waals surface area (Å²) in [6.45, 7) is 7.77. The number of ether oxygens (including phenoxy) is 6. The van der Waals surface area contributed by atoms with Crippen molar-refractivity contribution in [2.75, 3.05) is 101 Å². The monoisotopic (exact) mass is 1290 g/mol. The molecule has 0 spiro atoms. The third kappa shape index (κ3) is 22.1. The van der Waals surface area contributed by atoms with Crippen molar-refractivity contribution in [1.82, 2.24) is 50.8 Å². The van der Waals surface area contributed by atoms with Crippen LogP contribution < -0.4 is 55.7 Å². The molecule has 0 radical (unpaired) electrons. The molecule has 6 aromatic rings. The summed E-state index contributed by atoms with van der Waals surface area (Å²) >= 11 is 0. The molecule has 492 valence electrons. The average Bonchev–Trinajstić information content (AvgIpc) is 0.982. The van der Waals surface area contributed by atoms with Crippen LogP contribution in [-0.2, 0) is 41.7 Å². The molecule has 12 bridgehead atoms. The van der Waals surface area contributed by atoms with Crippen LogP contribution in [0.15, 0.2) is 97.3 Å². The quantitative estimate of drug-likeness (QED) is 0.0582. The highest BCUT2D eigenvalue weighted by atomic mass is 19.4. The number of halogens is 6. The zero-order valence-corrected chi connectivity index (χ0v) is 50.9. The number of methoxy groups -OCH3 is 2. The maximum atomic E-state index is 13.3. The first-order valence-corrected chi connectivity index (χ1v) is 28.5. The van der Waals surface area contributed by atoms with E-state index in [1.54, 1.807) is 50.2 Å². The molecule has 6 N–H and O–H groups in total. The fourth-order valence-corrected chi connectivity index (χ4v) is 8.51. The number of carbonyl (C=O) groups is 6. The minimum absolute atomic E-state index is 0.0315. The van der Waals surface area contributed by atoms with Gasteiger partial charge in [-0.25, -0.2) is 24.5 Å². The Hall–Kier alpha value is -10.1. The maximum Gasteiger partial charge on any atom is 0.422 e. The second kappa shape index (κ2) is 31.5. The topological polar surface area (TPSA) is 314 Å². The summed E-state index contributed by atoms with van der Waals surface area (Å²) in [5.74, 6) is -4.18. The molecule has 12 heterocycles.